The van der Waals surface area contributed by atoms with E-state index in [2.05, 4.69) is 14.9 Å². The maximum atomic E-state index is 11.2. The number of hydrogen-bond donors (Lipinski definition) is 0. The van der Waals surface area contributed by atoms with Crippen LogP contribution < -0.4 is 10.0 Å². The van der Waals surface area contributed by atoms with Gasteiger partial charge < -0.3 is 14.8 Å². The van der Waals surface area contributed by atoms with Crippen molar-refractivity contribution in [1.82, 2.24) is 9.97 Å². The van der Waals surface area contributed by atoms with Gasteiger partial charge in [0.05, 0.1) is 5.39 Å². The molecule has 0 amide bonds. The lowest BCUT2D eigenvalue weighted by Crippen LogP contribution is -2.44. The van der Waals surface area contributed by atoms with Crippen LogP contribution in [0.15, 0.2) is 0 Å². The van der Waals surface area contributed by atoms with Crippen LogP contribution in [0, 0.1) is 12.8 Å². The average Bonchev–Trinajstić information content (AvgIpc) is 3.06. The third-order valence-corrected chi connectivity index (χ3v) is 5.90. The number of carbonyl (C=O) groups excluding carboxylic acids is 1. The van der Waals surface area contributed by atoms with Crippen molar-refractivity contribution in [3.05, 3.63) is 16.3 Å². The summed E-state index contributed by atoms with van der Waals surface area (Å²) in [5.74, 6) is 0.360. The van der Waals surface area contributed by atoms with Crippen LogP contribution in [0.3, 0.4) is 0 Å². The summed E-state index contributed by atoms with van der Waals surface area (Å²) in [7, 11) is 0. The highest BCUT2D eigenvalue weighted by Gasteiger charge is 2.27. The molecule has 5 nitrogen and oxygen atoms in total. The van der Waals surface area contributed by atoms with Crippen LogP contribution in [0.25, 0.3) is 10.2 Å². The van der Waals surface area contributed by atoms with Gasteiger partial charge in [-0.15, -0.1) is 11.3 Å². The zero-order valence-electron chi connectivity index (χ0n) is 12.6. The fourth-order valence-electron chi connectivity index (χ4n) is 3.67. The molecule has 1 aliphatic heterocycles. The summed E-state index contributed by atoms with van der Waals surface area (Å²) in [5, 5.41) is 12.4. The van der Waals surface area contributed by atoms with Crippen molar-refractivity contribution < 1.29 is 9.90 Å². The number of anilines is 1. The second kappa shape index (κ2) is 5.19. The van der Waals surface area contributed by atoms with Crippen molar-refractivity contribution in [3.63, 3.8) is 0 Å². The molecule has 0 radical (unpaired) electrons. The third kappa shape index (κ3) is 2.17. The monoisotopic (exact) mass is 316 g/mol. The molecule has 2 aliphatic rings. The van der Waals surface area contributed by atoms with Gasteiger partial charge in [0.25, 0.3) is 0 Å². The summed E-state index contributed by atoms with van der Waals surface area (Å²) >= 11 is 1.78. The first-order chi connectivity index (χ1) is 10.6. The highest BCUT2D eigenvalue weighted by Crippen LogP contribution is 2.41. The van der Waals surface area contributed by atoms with E-state index in [0.717, 1.165) is 42.3 Å². The normalized spacial score (nSPS) is 21.3. The molecule has 3 heterocycles. The number of carboxylic acid groups (broad SMARTS) is 1. The number of carboxylic acids is 1. The maximum Gasteiger partial charge on any atom is 0.141 e. The lowest BCUT2D eigenvalue weighted by atomic mass is 9.98. The first-order valence-corrected chi connectivity index (χ1v) is 8.70. The Morgan fingerprint density at radius 3 is 3.00 bits per heavy atom. The molecule has 0 aromatic carbocycles. The number of hydrogen-bond acceptors (Lipinski definition) is 6. The van der Waals surface area contributed by atoms with E-state index in [-0.39, 0.29) is 0 Å². The van der Waals surface area contributed by atoms with E-state index in [1.54, 1.807) is 11.3 Å². The number of piperidine rings is 1. The zero-order valence-corrected chi connectivity index (χ0v) is 13.4. The van der Waals surface area contributed by atoms with E-state index < -0.39 is 11.9 Å². The van der Waals surface area contributed by atoms with Crippen LogP contribution >= 0.6 is 11.3 Å². The van der Waals surface area contributed by atoms with Gasteiger partial charge in [0.1, 0.15) is 16.5 Å². The van der Waals surface area contributed by atoms with E-state index in [9.17, 15) is 9.90 Å². The van der Waals surface area contributed by atoms with Crippen LogP contribution in [0.4, 0.5) is 5.82 Å². The molecule has 0 saturated carbocycles. The van der Waals surface area contributed by atoms with Gasteiger partial charge >= 0.3 is 0 Å². The summed E-state index contributed by atoms with van der Waals surface area (Å²) in [5.41, 5.74) is 1.39. The molecule has 2 aromatic rings. The Labute approximate surface area is 133 Å². The second-order valence-electron chi connectivity index (χ2n) is 6.24. The molecule has 1 saturated heterocycles. The summed E-state index contributed by atoms with van der Waals surface area (Å²) in [6.07, 6.45) is 5.00. The predicted molar refractivity (Wildman–Crippen MR) is 84.1 cm³/mol. The first-order valence-electron chi connectivity index (χ1n) is 7.88. The topological polar surface area (TPSA) is 69.2 Å². The van der Waals surface area contributed by atoms with E-state index in [1.165, 1.54) is 22.2 Å². The quantitative estimate of drug-likeness (QED) is 0.839. The van der Waals surface area contributed by atoms with Gasteiger partial charge in [-0.25, -0.2) is 9.97 Å². The fourth-order valence-corrected chi connectivity index (χ4v) is 4.97. The SMILES string of the molecule is Cc1nc(N2CCC[C@@H](C(=O)[O-])C2)c2c3c(sc2n1)CCC3. The van der Waals surface area contributed by atoms with Crippen LogP contribution in [-0.4, -0.2) is 29.0 Å². The highest BCUT2D eigenvalue weighted by atomic mass is 32.1. The molecular formula is C16H18N3O2S-. The summed E-state index contributed by atoms with van der Waals surface area (Å²) < 4.78 is 0. The lowest BCUT2D eigenvalue weighted by molar-refractivity contribution is -0.311. The number of fused-ring (bicyclic) bond motifs is 3. The number of aliphatic carboxylic acids is 1. The van der Waals surface area contributed by atoms with Crippen molar-refractivity contribution in [2.75, 3.05) is 18.0 Å². The fraction of sp³-hybridized carbons (Fsp3) is 0.562. The van der Waals surface area contributed by atoms with Gasteiger partial charge in [-0.1, -0.05) is 0 Å². The third-order valence-electron chi connectivity index (χ3n) is 4.71. The smallest absolute Gasteiger partial charge is 0.141 e. The summed E-state index contributed by atoms with van der Waals surface area (Å²) in [6, 6.07) is 0. The van der Waals surface area contributed by atoms with Gasteiger partial charge in [0.2, 0.25) is 0 Å². The van der Waals surface area contributed by atoms with Gasteiger partial charge in [0, 0.05) is 29.9 Å². The first kappa shape index (κ1) is 13.9. The Hall–Kier alpha value is -1.69. The molecule has 0 bridgehead atoms. The van der Waals surface area contributed by atoms with E-state index >= 15 is 0 Å². The van der Waals surface area contributed by atoms with Gasteiger partial charge in [-0.3, -0.25) is 0 Å². The average molecular weight is 316 g/mol. The van der Waals surface area contributed by atoms with E-state index in [4.69, 9.17) is 0 Å². The Bertz CT molecular complexity index is 755. The number of aromatic nitrogens is 2. The van der Waals surface area contributed by atoms with Gasteiger partial charge in [-0.05, 0) is 44.6 Å². The molecule has 0 unspecified atom stereocenters. The highest BCUT2D eigenvalue weighted by molar-refractivity contribution is 7.19. The van der Waals surface area contributed by atoms with Crippen LogP contribution in [-0.2, 0) is 17.6 Å². The predicted octanol–water partition coefficient (Wildman–Crippen LogP) is 1.45. The molecule has 2 aromatic heterocycles. The number of rotatable bonds is 2. The number of thiophene rings is 1. The number of aryl methyl sites for hydroxylation is 3. The van der Waals surface area contributed by atoms with Crippen molar-refractivity contribution in [2.45, 2.75) is 39.0 Å². The second-order valence-corrected chi connectivity index (χ2v) is 7.32. The van der Waals surface area contributed by atoms with E-state index in [1.807, 2.05) is 6.92 Å². The Morgan fingerprint density at radius 2 is 2.18 bits per heavy atom. The maximum absolute atomic E-state index is 11.2. The summed E-state index contributed by atoms with van der Waals surface area (Å²) in [6.45, 7) is 3.27. The number of carbonyl (C=O) groups is 1. The molecule has 0 N–H and O–H groups in total. The largest absolute Gasteiger partial charge is 0.550 e. The molecule has 4 rings (SSSR count). The molecule has 0 spiro atoms. The molecule has 6 heteroatoms. The molecular weight excluding hydrogens is 298 g/mol. The minimum atomic E-state index is -0.942. The zero-order chi connectivity index (χ0) is 15.3. The van der Waals surface area contributed by atoms with Crippen molar-refractivity contribution in [1.29, 1.82) is 0 Å². The van der Waals surface area contributed by atoms with Crippen LogP contribution in [0.1, 0.15) is 35.5 Å². The molecule has 1 fully saturated rings. The molecule has 22 heavy (non-hydrogen) atoms. The van der Waals surface area contributed by atoms with Crippen molar-refractivity contribution in [2.24, 2.45) is 5.92 Å². The van der Waals surface area contributed by atoms with Crippen LogP contribution in [0.2, 0.25) is 0 Å². The Balaban J connectivity index is 1.82. The standard InChI is InChI=1S/C16H19N3O2S/c1-9-17-14(19-7-3-4-10(8-19)16(20)21)13-11-5-2-6-12(11)22-15(13)18-9/h10H,2-8H2,1H3,(H,20,21)/p-1/t10-/m1/s1. The van der Waals surface area contributed by atoms with Crippen molar-refractivity contribution >= 4 is 33.3 Å². The minimum absolute atomic E-state index is 0.397. The Kier molecular flexibility index (Phi) is 3.29. The van der Waals surface area contributed by atoms with Crippen molar-refractivity contribution in [3.8, 4) is 0 Å². The lowest BCUT2D eigenvalue weighted by Gasteiger charge is -2.34. The summed E-state index contributed by atoms with van der Waals surface area (Å²) in [4.78, 5) is 25.1. The molecule has 116 valence electrons. The van der Waals surface area contributed by atoms with Crippen LogP contribution in [0.5, 0.6) is 0 Å². The van der Waals surface area contributed by atoms with Gasteiger partial charge in [0.15, 0.2) is 0 Å². The van der Waals surface area contributed by atoms with E-state index in [0.29, 0.717) is 13.0 Å². The van der Waals surface area contributed by atoms with Gasteiger partial charge in [-0.2, -0.15) is 0 Å². The minimum Gasteiger partial charge on any atom is -0.550 e. The molecule has 1 atom stereocenters. The Morgan fingerprint density at radius 1 is 1.32 bits per heavy atom. The number of nitrogens with zero attached hydrogens (tertiary/aromatic N) is 3. The molecule has 1 aliphatic carbocycles.